The van der Waals surface area contributed by atoms with Gasteiger partial charge in [0.25, 0.3) is 0 Å². The van der Waals surface area contributed by atoms with Gasteiger partial charge in [0, 0.05) is 31.1 Å². The summed E-state index contributed by atoms with van der Waals surface area (Å²) >= 11 is -1.35. The molecule has 3 aromatic rings. The van der Waals surface area contributed by atoms with Crippen LogP contribution in [0.3, 0.4) is 0 Å². The quantitative estimate of drug-likeness (QED) is 0.394. The van der Waals surface area contributed by atoms with Gasteiger partial charge in [-0.2, -0.15) is 0 Å². The molecule has 1 aliphatic heterocycles. The van der Waals surface area contributed by atoms with Crippen molar-refractivity contribution < 1.29 is 23.3 Å². The normalized spacial score (nSPS) is 22.3. The highest BCUT2D eigenvalue weighted by Gasteiger charge is 2.39. The second-order valence-electron chi connectivity index (χ2n) is 11.7. The van der Waals surface area contributed by atoms with Gasteiger partial charge in [-0.05, 0) is 76.3 Å². The summed E-state index contributed by atoms with van der Waals surface area (Å²) in [5, 5.41) is 0. The molecule has 0 spiro atoms. The summed E-state index contributed by atoms with van der Waals surface area (Å²) in [6.07, 6.45) is 5.76. The molecule has 2 heterocycles. The summed E-state index contributed by atoms with van der Waals surface area (Å²) in [7, 11) is 0. The fourth-order valence-corrected chi connectivity index (χ4v) is 6.56. The molecule has 2 atom stereocenters. The van der Waals surface area contributed by atoms with Crippen molar-refractivity contribution in [1.29, 1.82) is 0 Å². The van der Waals surface area contributed by atoms with Crippen LogP contribution in [-0.2, 0) is 20.9 Å². The third-order valence-corrected chi connectivity index (χ3v) is 8.85. The van der Waals surface area contributed by atoms with Gasteiger partial charge in [0.1, 0.15) is 11.9 Å². The molecule has 0 radical (unpaired) electrons. The fourth-order valence-electron chi connectivity index (χ4n) is 5.50. The summed E-state index contributed by atoms with van der Waals surface area (Å²) in [6.45, 7) is 6.87. The Hall–Kier alpha value is -3.34. The number of hydrogen-bond acceptors (Lipinski definition) is 7. The first-order valence-corrected chi connectivity index (χ1v) is 15.3. The fraction of sp³-hybridized carbons (Fsp3) is 0.452. The first kappa shape index (κ1) is 29.2. The number of benzene rings is 2. The average Bonchev–Trinajstić information content (AvgIpc) is 3.52. The Morgan fingerprint density at radius 1 is 1.02 bits per heavy atom. The molecule has 41 heavy (non-hydrogen) atoms. The third-order valence-electron chi connectivity index (χ3n) is 7.60. The smallest absolute Gasteiger partial charge is 0.410 e. The molecular formula is C31H38N4O5S. The number of ether oxygens (including phenoxy) is 1. The molecule has 2 amide bonds. The molecule has 2 fully saturated rings. The molecule has 2 aliphatic rings. The number of nitrogens with one attached hydrogen (secondary N) is 1. The number of hydrogen-bond donors (Lipinski definition) is 1. The molecular weight excluding hydrogens is 540 g/mol. The Balaban J connectivity index is 1.18. The maximum absolute atomic E-state index is 13.8. The van der Waals surface area contributed by atoms with Crippen molar-refractivity contribution in [1.82, 2.24) is 19.5 Å². The van der Waals surface area contributed by atoms with Crippen LogP contribution in [0.1, 0.15) is 58.1 Å². The third kappa shape index (κ3) is 7.30. The summed E-state index contributed by atoms with van der Waals surface area (Å²) in [6, 6.07) is 17.1. The summed E-state index contributed by atoms with van der Waals surface area (Å²) in [4.78, 5) is 35.1. The zero-order valence-corrected chi connectivity index (χ0v) is 24.6. The van der Waals surface area contributed by atoms with Crippen LogP contribution in [0, 0.1) is 5.92 Å². The number of amides is 2. The Morgan fingerprint density at radius 2 is 1.73 bits per heavy atom. The van der Waals surface area contributed by atoms with E-state index in [2.05, 4.69) is 9.71 Å². The lowest BCUT2D eigenvalue weighted by Gasteiger charge is -2.43. The maximum Gasteiger partial charge on any atom is 0.410 e. The van der Waals surface area contributed by atoms with Gasteiger partial charge in [-0.1, -0.05) is 30.3 Å². The van der Waals surface area contributed by atoms with Crippen LogP contribution in [0.4, 0.5) is 4.79 Å². The van der Waals surface area contributed by atoms with E-state index in [1.807, 2.05) is 80.3 Å². The van der Waals surface area contributed by atoms with Crippen LogP contribution in [0.5, 0.6) is 0 Å². The van der Waals surface area contributed by atoms with E-state index in [0.717, 1.165) is 36.8 Å². The number of oxazole rings is 1. The standard InChI is InChI=1S/C31H38N4O5S/c1-31(2,3)40-30(37)34-18-19-35(27(21-34)22-7-5-4-6-8-22)29(36)24-9-13-25(14-10-24)33-41(38)26-15-11-23(12-16-26)28-32-17-20-39-28/h4-8,11-12,15-17,20,24-25,27,33H,9-10,13-14,18-19,21H2,1-3H3/t24-,25-,27-,41?/m1/s1. The minimum Gasteiger partial charge on any atom is -0.593 e. The minimum absolute atomic E-state index is 0.0697. The second kappa shape index (κ2) is 12.7. The van der Waals surface area contributed by atoms with E-state index in [1.54, 1.807) is 11.1 Å². The predicted octanol–water partition coefficient (Wildman–Crippen LogP) is 5.33. The number of carbonyl (C=O) groups excluding carboxylic acids is 2. The number of rotatable bonds is 6. The topological polar surface area (TPSA) is 111 Å². The molecule has 0 bridgehead atoms. The highest BCUT2D eigenvalue weighted by molar-refractivity contribution is 7.89. The van der Waals surface area contributed by atoms with Gasteiger partial charge < -0.3 is 23.5 Å². The molecule has 5 rings (SSSR count). The van der Waals surface area contributed by atoms with Gasteiger partial charge in [0.15, 0.2) is 4.90 Å². The molecule has 1 saturated carbocycles. The van der Waals surface area contributed by atoms with Crippen LogP contribution in [0.15, 0.2) is 76.4 Å². The molecule has 218 valence electrons. The Morgan fingerprint density at radius 3 is 2.37 bits per heavy atom. The molecule has 9 nitrogen and oxygen atoms in total. The zero-order valence-electron chi connectivity index (χ0n) is 23.8. The average molecular weight is 579 g/mol. The summed E-state index contributed by atoms with van der Waals surface area (Å²) in [5.41, 5.74) is 1.26. The summed E-state index contributed by atoms with van der Waals surface area (Å²) in [5.74, 6) is 0.560. The molecule has 1 saturated heterocycles. The summed E-state index contributed by atoms with van der Waals surface area (Å²) < 4.78 is 27.2. The number of aromatic nitrogens is 1. The molecule has 2 aromatic carbocycles. The first-order valence-electron chi connectivity index (χ1n) is 14.2. The SMILES string of the molecule is CC(C)(C)OC(=O)N1CCN(C(=O)[C@H]2CC[C@H](N[S+]([O-])c3ccc(-c4ncco4)cc3)CC2)[C@@H](c2ccccc2)C1. The Bertz CT molecular complexity index is 1290. The van der Waals surface area contributed by atoms with Gasteiger partial charge in [0.05, 0.1) is 29.6 Å². The monoisotopic (exact) mass is 578 g/mol. The van der Waals surface area contributed by atoms with Crippen molar-refractivity contribution in [3.05, 3.63) is 72.6 Å². The van der Waals surface area contributed by atoms with Crippen molar-refractivity contribution >= 4 is 23.4 Å². The molecule has 1 aromatic heterocycles. The highest BCUT2D eigenvalue weighted by atomic mass is 32.2. The molecule has 10 heteroatoms. The van der Waals surface area contributed by atoms with Crippen LogP contribution < -0.4 is 4.72 Å². The van der Waals surface area contributed by atoms with Crippen LogP contribution in [0.2, 0.25) is 0 Å². The molecule has 1 N–H and O–H groups in total. The van der Waals surface area contributed by atoms with E-state index in [0.29, 0.717) is 30.4 Å². The number of piperazine rings is 1. The van der Waals surface area contributed by atoms with Gasteiger partial charge in [-0.25, -0.2) is 9.78 Å². The van der Waals surface area contributed by atoms with Gasteiger partial charge >= 0.3 is 6.09 Å². The van der Waals surface area contributed by atoms with E-state index in [9.17, 15) is 14.1 Å². The molecule has 1 unspecified atom stereocenters. The first-order chi connectivity index (χ1) is 19.7. The predicted molar refractivity (Wildman–Crippen MR) is 156 cm³/mol. The van der Waals surface area contributed by atoms with Gasteiger partial charge in [0.2, 0.25) is 11.8 Å². The lowest BCUT2D eigenvalue weighted by molar-refractivity contribution is -0.142. The van der Waals surface area contributed by atoms with Gasteiger partial charge in [-0.15, -0.1) is 4.72 Å². The van der Waals surface area contributed by atoms with E-state index in [-0.39, 0.29) is 30.0 Å². The lowest BCUT2D eigenvalue weighted by Crippen LogP contribution is -2.54. The maximum atomic E-state index is 13.8. The highest BCUT2D eigenvalue weighted by Crippen LogP contribution is 2.33. The van der Waals surface area contributed by atoms with Crippen molar-refractivity contribution in [2.24, 2.45) is 5.92 Å². The molecule has 1 aliphatic carbocycles. The van der Waals surface area contributed by atoms with E-state index in [1.165, 1.54) is 6.26 Å². The Kier molecular flexibility index (Phi) is 9.01. The van der Waals surface area contributed by atoms with Crippen LogP contribution in [0.25, 0.3) is 11.5 Å². The van der Waals surface area contributed by atoms with Crippen molar-refractivity contribution in [3.63, 3.8) is 0 Å². The Labute approximate surface area is 244 Å². The van der Waals surface area contributed by atoms with E-state index in [4.69, 9.17) is 9.15 Å². The number of nitrogens with zero attached hydrogens (tertiary/aromatic N) is 3. The van der Waals surface area contributed by atoms with Gasteiger partial charge in [-0.3, -0.25) is 4.79 Å². The zero-order chi connectivity index (χ0) is 29.0. The number of carbonyl (C=O) groups is 2. The second-order valence-corrected chi connectivity index (χ2v) is 12.9. The van der Waals surface area contributed by atoms with Crippen molar-refractivity contribution in [2.45, 2.75) is 69.0 Å². The van der Waals surface area contributed by atoms with Crippen molar-refractivity contribution in [2.75, 3.05) is 19.6 Å². The lowest BCUT2D eigenvalue weighted by atomic mass is 9.85. The minimum atomic E-state index is -1.35. The van der Waals surface area contributed by atoms with E-state index < -0.39 is 17.0 Å². The van der Waals surface area contributed by atoms with Crippen LogP contribution in [-0.4, -0.2) is 62.6 Å². The van der Waals surface area contributed by atoms with Crippen molar-refractivity contribution in [3.8, 4) is 11.5 Å². The largest absolute Gasteiger partial charge is 0.593 e. The van der Waals surface area contributed by atoms with Crippen LogP contribution >= 0.6 is 0 Å². The van der Waals surface area contributed by atoms with E-state index >= 15 is 0 Å².